The maximum atomic E-state index is 10.1. The van der Waals surface area contributed by atoms with Gasteiger partial charge < -0.3 is 0 Å². The van der Waals surface area contributed by atoms with Crippen molar-refractivity contribution in [3.8, 4) is 0 Å². The summed E-state index contributed by atoms with van der Waals surface area (Å²) in [4.78, 5) is 0. The fourth-order valence-corrected chi connectivity index (χ4v) is 2.45. The van der Waals surface area contributed by atoms with E-state index >= 15 is 0 Å². The van der Waals surface area contributed by atoms with Gasteiger partial charge in [0.15, 0.2) is 0 Å². The molecule has 0 N–H and O–H groups in total. The number of rotatable bonds is 10. The Morgan fingerprint density at radius 2 is 1.79 bits per heavy atom. The fourth-order valence-electron chi connectivity index (χ4n) is 2.25. The number of unbranched alkanes of at least 4 members (excludes halogenated alkanes) is 2. The van der Waals surface area contributed by atoms with Gasteiger partial charge in [0, 0.05) is 0 Å². The molecule has 0 aromatic heterocycles. The molecular formula is C15H24LiO2P. The Labute approximate surface area is 130 Å². The van der Waals surface area contributed by atoms with E-state index in [0.29, 0.717) is 12.5 Å². The van der Waals surface area contributed by atoms with E-state index in [-0.39, 0.29) is 27.5 Å². The molecule has 2 nitrogen and oxygen atoms in total. The van der Waals surface area contributed by atoms with Gasteiger partial charge in [-0.25, -0.2) is 4.57 Å². The first-order valence-corrected chi connectivity index (χ1v) is 7.61. The first kappa shape index (κ1) is 18.9. The van der Waals surface area contributed by atoms with Gasteiger partial charge in [0.25, 0.3) is 0 Å². The molecule has 1 atom stereocenters. The summed E-state index contributed by atoms with van der Waals surface area (Å²) in [6, 6.07) is 10.8. The van der Waals surface area contributed by atoms with Crippen LogP contribution in [0.25, 0.3) is 0 Å². The predicted octanol–water partition coefficient (Wildman–Crippen LogP) is 4.71. The van der Waals surface area contributed by atoms with Crippen LogP contribution in [0, 0.1) is 0 Å². The van der Waals surface area contributed by atoms with E-state index in [1.807, 2.05) is 0 Å². The Morgan fingerprint density at radius 3 is 2.42 bits per heavy atom. The molecule has 1 aromatic rings. The minimum absolute atomic E-state index is 0. The second kappa shape index (κ2) is 12.9. The van der Waals surface area contributed by atoms with Crippen molar-refractivity contribution >= 4 is 27.5 Å². The molecule has 0 saturated heterocycles. The zero-order valence-electron chi connectivity index (χ0n) is 11.2. The summed E-state index contributed by atoms with van der Waals surface area (Å²) >= 11 is 0. The fraction of sp³-hybridized carbons (Fsp3) is 0.600. The molecule has 0 aliphatic rings. The minimum atomic E-state index is -0.196. The standard InChI is InChI=1S/C15H23O2P.Li.H/c1-2-3-9-14(12-7-8-13-17-18-16)15-10-5-4-6-11-15;;/h4-6,10-11,14H,2-3,7-9,12-13H2,1H3;;. The van der Waals surface area contributed by atoms with Crippen LogP contribution in [0.5, 0.6) is 0 Å². The van der Waals surface area contributed by atoms with Gasteiger partial charge in [0.05, 0.1) is 6.61 Å². The van der Waals surface area contributed by atoms with E-state index < -0.39 is 0 Å². The third-order valence-electron chi connectivity index (χ3n) is 3.27. The summed E-state index contributed by atoms with van der Waals surface area (Å²) in [7, 11) is -0.196. The van der Waals surface area contributed by atoms with Gasteiger partial charge in [-0.15, -0.1) is 0 Å². The Balaban J connectivity index is 0.00000324. The maximum absolute atomic E-state index is 10.1. The predicted molar refractivity (Wildman–Crippen MR) is 83.3 cm³/mol. The Bertz CT molecular complexity index is 319. The zero-order chi connectivity index (χ0) is 13.1. The van der Waals surface area contributed by atoms with Gasteiger partial charge in [0.2, 0.25) is 0 Å². The van der Waals surface area contributed by atoms with E-state index in [4.69, 9.17) is 4.52 Å². The summed E-state index contributed by atoms with van der Waals surface area (Å²) in [5.41, 5.74) is 1.45. The number of benzene rings is 1. The van der Waals surface area contributed by atoms with Crippen LogP contribution < -0.4 is 0 Å². The summed E-state index contributed by atoms with van der Waals surface area (Å²) in [6.07, 6.45) is 7.13. The van der Waals surface area contributed by atoms with E-state index in [1.165, 1.54) is 31.2 Å². The molecule has 102 valence electrons. The van der Waals surface area contributed by atoms with Crippen molar-refractivity contribution in [1.29, 1.82) is 0 Å². The molecule has 0 heterocycles. The van der Waals surface area contributed by atoms with Crippen molar-refractivity contribution in [2.24, 2.45) is 0 Å². The van der Waals surface area contributed by atoms with Gasteiger partial charge >= 0.3 is 27.5 Å². The van der Waals surface area contributed by atoms with Crippen molar-refractivity contribution in [1.82, 2.24) is 0 Å². The molecule has 1 unspecified atom stereocenters. The molecule has 0 fully saturated rings. The molecule has 0 aliphatic heterocycles. The first-order chi connectivity index (χ1) is 8.88. The molecule has 0 amide bonds. The van der Waals surface area contributed by atoms with Crippen molar-refractivity contribution < 1.29 is 9.09 Å². The number of hydrogen-bond donors (Lipinski definition) is 0. The van der Waals surface area contributed by atoms with Crippen molar-refractivity contribution in [3.63, 3.8) is 0 Å². The third kappa shape index (κ3) is 8.61. The molecule has 19 heavy (non-hydrogen) atoms. The Hall–Kier alpha value is -0.123. The van der Waals surface area contributed by atoms with Gasteiger partial charge in [0.1, 0.15) is 0 Å². The molecule has 0 aliphatic carbocycles. The SMILES string of the molecule is CCCCC(CCCCOP=O)c1ccccc1.[LiH]. The van der Waals surface area contributed by atoms with Gasteiger partial charge in [-0.3, -0.25) is 4.52 Å². The van der Waals surface area contributed by atoms with Crippen LogP contribution in [0.1, 0.15) is 56.9 Å². The topological polar surface area (TPSA) is 26.3 Å². The average molecular weight is 274 g/mol. The van der Waals surface area contributed by atoms with Crippen LogP contribution in [0.4, 0.5) is 0 Å². The molecule has 0 spiro atoms. The van der Waals surface area contributed by atoms with Crippen LogP contribution in [0.2, 0.25) is 0 Å². The Kier molecular flexibility index (Phi) is 12.8. The summed E-state index contributed by atoms with van der Waals surface area (Å²) in [5, 5.41) is 0. The molecule has 1 aromatic carbocycles. The second-order valence-corrected chi connectivity index (χ2v) is 5.06. The quantitative estimate of drug-likeness (QED) is 0.351. The summed E-state index contributed by atoms with van der Waals surface area (Å²) in [6.45, 7) is 2.84. The van der Waals surface area contributed by atoms with Crippen LogP contribution >= 0.6 is 8.69 Å². The number of hydrogen-bond acceptors (Lipinski definition) is 2. The van der Waals surface area contributed by atoms with E-state index in [0.717, 1.165) is 12.8 Å². The molecule has 0 bridgehead atoms. The monoisotopic (exact) mass is 274 g/mol. The molecule has 0 radical (unpaired) electrons. The molecule has 1 rings (SSSR count). The Morgan fingerprint density at radius 1 is 1.11 bits per heavy atom. The average Bonchev–Trinajstić information content (AvgIpc) is 2.43. The first-order valence-electron chi connectivity index (χ1n) is 6.88. The normalized spacial score (nSPS) is 12.1. The zero-order valence-corrected chi connectivity index (χ0v) is 12.1. The van der Waals surface area contributed by atoms with Crippen molar-refractivity contribution in [3.05, 3.63) is 35.9 Å². The molecule has 0 saturated carbocycles. The third-order valence-corrected chi connectivity index (χ3v) is 3.56. The van der Waals surface area contributed by atoms with Gasteiger partial charge in [-0.2, -0.15) is 0 Å². The molecular weight excluding hydrogens is 250 g/mol. The van der Waals surface area contributed by atoms with E-state index in [2.05, 4.69) is 37.3 Å². The van der Waals surface area contributed by atoms with Crippen LogP contribution in [-0.2, 0) is 9.09 Å². The second-order valence-electron chi connectivity index (χ2n) is 4.65. The van der Waals surface area contributed by atoms with Crippen LogP contribution in [0.3, 0.4) is 0 Å². The molecule has 4 heteroatoms. The van der Waals surface area contributed by atoms with Crippen molar-refractivity contribution in [2.45, 2.75) is 51.4 Å². The van der Waals surface area contributed by atoms with Gasteiger partial charge in [-0.1, -0.05) is 56.5 Å². The van der Waals surface area contributed by atoms with Crippen LogP contribution in [0.15, 0.2) is 30.3 Å². The van der Waals surface area contributed by atoms with E-state index in [9.17, 15) is 4.57 Å². The van der Waals surface area contributed by atoms with Crippen LogP contribution in [-0.4, -0.2) is 25.5 Å². The van der Waals surface area contributed by atoms with E-state index in [1.54, 1.807) is 0 Å². The van der Waals surface area contributed by atoms with Gasteiger partial charge in [-0.05, 0) is 30.7 Å². The summed E-state index contributed by atoms with van der Waals surface area (Å²) in [5.74, 6) is 0.663. The summed E-state index contributed by atoms with van der Waals surface area (Å²) < 4.78 is 15.0. The van der Waals surface area contributed by atoms with Crippen molar-refractivity contribution in [2.75, 3.05) is 6.61 Å².